The molecule has 0 aromatic heterocycles. The molecule has 1 fully saturated rings. The Morgan fingerprint density at radius 3 is 2.93 bits per heavy atom. The molecule has 0 bridgehead atoms. The van der Waals surface area contributed by atoms with Crippen molar-refractivity contribution in [3.8, 4) is 0 Å². The van der Waals surface area contributed by atoms with Crippen molar-refractivity contribution in [1.29, 1.82) is 0 Å². The van der Waals surface area contributed by atoms with Crippen LogP contribution >= 0.6 is 0 Å². The minimum atomic E-state index is 1.02. The molecule has 0 radical (unpaired) electrons. The van der Waals surface area contributed by atoms with E-state index < -0.39 is 0 Å². The fourth-order valence-corrected chi connectivity index (χ4v) is 1.90. The van der Waals surface area contributed by atoms with E-state index in [4.69, 9.17) is 0 Å². The smallest absolute Gasteiger partial charge is 0.0336 e. The predicted octanol–water partition coefficient (Wildman–Crippen LogP) is 1.20. The van der Waals surface area contributed by atoms with Crippen LogP contribution in [0.3, 0.4) is 0 Å². The van der Waals surface area contributed by atoms with Gasteiger partial charge >= 0.3 is 0 Å². The van der Waals surface area contributed by atoms with Gasteiger partial charge in [-0.05, 0) is 18.9 Å². The molecule has 0 aliphatic carbocycles. The van der Waals surface area contributed by atoms with Gasteiger partial charge in [0.15, 0.2) is 0 Å². The lowest BCUT2D eigenvalue weighted by Gasteiger charge is -2.27. The lowest BCUT2D eigenvalue weighted by Crippen LogP contribution is -2.44. The van der Waals surface area contributed by atoms with Crippen molar-refractivity contribution < 1.29 is 0 Å². The van der Waals surface area contributed by atoms with Crippen molar-refractivity contribution in [3.63, 3.8) is 0 Å². The van der Waals surface area contributed by atoms with Gasteiger partial charge < -0.3 is 5.32 Å². The van der Waals surface area contributed by atoms with Crippen LogP contribution in [-0.4, -0.2) is 43.8 Å². The zero-order valence-corrected chi connectivity index (χ0v) is 9.37. The summed E-state index contributed by atoms with van der Waals surface area (Å²) in [5.74, 6) is 0. The molecular weight excluding hydrogens is 186 g/mol. The van der Waals surface area contributed by atoms with Gasteiger partial charge in [-0.3, -0.25) is 9.89 Å². The first-order chi connectivity index (χ1) is 7.34. The van der Waals surface area contributed by atoms with Crippen LogP contribution in [0.2, 0.25) is 0 Å². The second kappa shape index (κ2) is 5.24. The highest BCUT2D eigenvalue weighted by Crippen LogP contribution is 2.08. The molecule has 3 nitrogen and oxygen atoms in total. The van der Waals surface area contributed by atoms with Crippen LogP contribution in [0.5, 0.6) is 0 Å². The first-order valence-electron chi connectivity index (χ1n) is 5.67. The molecule has 1 saturated heterocycles. The molecule has 15 heavy (non-hydrogen) atoms. The number of hydrogen-bond acceptors (Lipinski definition) is 3. The summed E-state index contributed by atoms with van der Waals surface area (Å²) in [6, 6.07) is 0. The molecule has 0 saturated carbocycles. The lowest BCUT2D eigenvalue weighted by atomic mass is 10.2. The molecule has 82 valence electrons. The molecule has 2 rings (SSSR count). The van der Waals surface area contributed by atoms with E-state index in [0.29, 0.717) is 0 Å². The number of allylic oxidation sites excluding steroid dienone is 3. The van der Waals surface area contributed by atoms with E-state index in [1.807, 2.05) is 6.21 Å². The molecule has 1 N–H and O–H groups in total. The molecule has 0 unspecified atom stereocenters. The van der Waals surface area contributed by atoms with Crippen molar-refractivity contribution in [3.05, 3.63) is 23.4 Å². The largest absolute Gasteiger partial charge is 0.314 e. The summed E-state index contributed by atoms with van der Waals surface area (Å²) in [6.45, 7) is 7.63. The Morgan fingerprint density at radius 2 is 2.13 bits per heavy atom. The summed E-state index contributed by atoms with van der Waals surface area (Å²) in [5, 5.41) is 3.37. The van der Waals surface area contributed by atoms with Gasteiger partial charge in [-0.2, -0.15) is 0 Å². The third-order valence-electron chi connectivity index (χ3n) is 2.84. The number of nitrogens with zero attached hydrogens (tertiary/aromatic N) is 2. The SMILES string of the molecule is CC1=CCC=C(CN2CCNCC2)C=N1. The van der Waals surface area contributed by atoms with Gasteiger partial charge in [0.25, 0.3) is 0 Å². The maximum absolute atomic E-state index is 4.40. The standard InChI is InChI=1S/C12H19N3/c1-11-3-2-4-12(9-14-11)10-15-7-5-13-6-8-15/h3-4,9,13H,2,5-8,10H2,1H3. The Labute approximate surface area is 91.6 Å². The van der Waals surface area contributed by atoms with E-state index in [1.165, 1.54) is 5.57 Å². The van der Waals surface area contributed by atoms with Crippen LogP contribution in [0.25, 0.3) is 0 Å². The highest BCUT2D eigenvalue weighted by molar-refractivity contribution is 5.80. The summed E-state index contributed by atoms with van der Waals surface area (Å²) < 4.78 is 0. The number of piperazine rings is 1. The van der Waals surface area contributed by atoms with Crippen molar-refractivity contribution in [1.82, 2.24) is 10.2 Å². The van der Waals surface area contributed by atoms with Gasteiger partial charge in [-0.15, -0.1) is 0 Å². The summed E-state index contributed by atoms with van der Waals surface area (Å²) in [7, 11) is 0. The Morgan fingerprint density at radius 1 is 1.33 bits per heavy atom. The molecule has 3 heteroatoms. The minimum Gasteiger partial charge on any atom is -0.314 e. The van der Waals surface area contributed by atoms with Crippen LogP contribution in [0.15, 0.2) is 28.4 Å². The molecule has 2 heterocycles. The van der Waals surface area contributed by atoms with E-state index in [9.17, 15) is 0 Å². The predicted molar refractivity (Wildman–Crippen MR) is 64.3 cm³/mol. The van der Waals surface area contributed by atoms with Crippen LogP contribution in [-0.2, 0) is 0 Å². The maximum atomic E-state index is 4.40. The zero-order chi connectivity index (χ0) is 10.5. The van der Waals surface area contributed by atoms with Gasteiger partial charge in [0.05, 0.1) is 0 Å². The molecule has 0 atom stereocenters. The molecule has 0 amide bonds. The van der Waals surface area contributed by atoms with Crippen molar-refractivity contribution in [2.45, 2.75) is 13.3 Å². The highest BCUT2D eigenvalue weighted by Gasteiger charge is 2.10. The zero-order valence-electron chi connectivity index (χ0n) is 9.37. The van der Waals surface area contributed by atoms with Crippen molar-refractivity contribution in [2.24, 2.45) is 4.99 Å². The summed E-state index contributed by atoms with van der Waals surface area (Å²) in [4.78, 5) is 6.88. The molecule has 0 spiro atoms. The average Bonchev–Trinajstić information content (AvgIpc) is 2.46. The normalized spacial score (nSPS) is 23.3. The summed E-state index contributed by atoms with van der Waals surface area (Å²) in [5.41, 5.74) is 2.48. The first kappa shape index (κ1) is 10.6. The van der Waals surface area contributed by atoms with Crippen LogP contribution in [0, 0.1) is 0 Å². The van der Waals surface area contributed by atoms with Gasteiger partial charge in [0.1, 0.15) is 0 Å². The van der Waals surface area contributed by atoms with Gasteiger partial charge in [0.2, 0.25) is 0 Å². The van der Waals surface area contributed by atoms with Crippen molar-refractivity contribution >= 4 is 6.21 Å². The molecule has 0 aromatic carbocycles. The Kier molecular flexibility index (Phi) is 3.69. The Hall–Kier alpha value is -0.930. The van der Waals surface area contributed by atoms with E-state index in [1.54, 1.807) is 0 Å². The number of aliphatic imine (C=N–C) groups is 1. The number of hydrogen-bond donors (Lipinski definition) is 1. The average molecular weight is 205 g/mol. The topological polar surface area (TPSA) is 27.6 Å². The summed E-state index contributed by atoms with van der Waals surface area (Å²) in [6.07, 6.45) is 7.48. The van der Waals surface area contributed by atoms with E-state index in [-0.39, 0.29) is 0 Å². The maximum Gasteiger partial charge on any atom is 0.0336 e. The molecule has 0 aromatic rings. The Bertz CT molecular complexity index is 296. The van der Waals surface area contributed by atoms with Gasteiger partial charge in [-0.1, -0.05) is 12.2 Å². The first-order valence-corrected chi connectivity index (χ1v) is 5.67. The summed E-state index contributed by atoms with van der Waals surface area (Å²) >= 11 is 0. The number of nitrogens with one attached hydrogen (secondary N) is 1. The fourth-order valence-electron chi connectivity index (χ4n) is 1.90. The quantitative estimate of drug-likeness (QED) is 0.733. The fraction of sp³-hybridized carbons (Fsp3) is 0.583. The molecule has 2 aliphatic heterocycles. The monoisotopic (exact) mass is 205 g/mol. The molecular formula is C12H19N3. The van der Waals surface area contributed by atoms with Crippen LogP contribution in [0.1, 0.15) is 13.3 Å². The second-order valence-electron chi connectivity index (χ2n) is 4.14. The number of rotatable bonds is 2. The van der Waals surface area contributed by atoms with E-state index in [0.717, 1.165) is 44.8 Å². The van der Waals surface area contributed by atoms with E-state index >= 15 is 0 Å². The highest BCUT2D eigenvalue weighted by atomic mass is 15.2. The third-order valence-corrected chi connectivity index (χ3v) is 2.84. The minimum absolute atomic E-state index is 1.02. The molecule has 2 aliphatic rings. The van der Waals surface area contributed by atoms with Gasteiger partial charge in [-0.25, -0.2) is 0 Å². The van der Waals surface area contributed by atoms with Crippen LogP contribution in [0.4, 0.5) is 0 Å². The lowest BCUT2D eigenvalue weighted by molar-refractivity contribution is 0.262. The van der Waals surface area contributed by atoms with Crippen molar-refractivity contribution in [2.75, 3.05) is 32.7 Å². The van der Waals surface area contributed by atoms with Crippen LogP contribution < -0.4 is 5.32 Å². The van der Waals surface area contributed by atoms with Gasteiger partial charge in [0, 0.05) is 44.6 Å². The second-order valence-corrected chi connectivity index (χ2v) is 4.14. The third kappa shape index (κ3) is 3.29. The Balaban J connectivity index is 1.89. The van der Waals surface area contributed by atoms with E-state index in [2.05, 4.69) is 34.3 Å².